The van der Waals surface area contributed by atoms with Crippen molar-refractivity contribution < 1.29 is 9.90 Å². The Bertz CT molecular complexity index is 519. The van der Waals surface area contributed by atoms with E-state index in [9.17, 15) is 4.79 Å². The van der Waals surface area contributed by atoms with E-state index >= 15 is 0 Å². The summed E-state index contributed by atoms with van der Waals surface area (Å²) in [4.78, 5) is 17.4. The SMILES string of the molecule is CN(C)C1CCN(C(=O)c2csc(C#CCO)c2)CC1. The third-order valence-corrected chi connectivity index (χ3v) is 4.46. The predicted molar refractivity (Wildman–Crippen MR) is 80.9 cm³/mol. The van der Waals surface area contributed by atoms with Gasteiger partial charge in [-0.3, -0.25) is 4.79 Å². The fourth-order valence-corrected chi connectivity index (χ4v) is 3.16. The maximum atomic E-state index is 12.4. The van der Waals surface area contributed by atoms with Gasteiger partial charge >= 0.3 is 0 Å². The van der Waals surface area contributed by atoms with Crippen molar-refractivity contribution in [3.63, 3.8) is 0 Å². The molecule has 5 heteroatoms. The summed E-state index contributed by atoms with van der Waals surface area (Å²) in [5, 5.41) is 10.5. The van der Waals surface area contributed by atoms with Crippen LogP contribution in [0.5, 0.6) is 0 Å². The van der Waals surface area contributed by atoms with Crippen molar-refractivity contribution in [3.8, 4) is 11.8 Å². The summed E-state index contributed by atoms with van der Waals surface area (Å²) in [5.74, 6) is 5.53. The molecule has 0 aromatic carbocycles. The molecule has 0 atom stereocenters. The van der Waals surface area contributed by atoms with Crippen LogP contribution in [0, 0.1) is 11.8 Å². The maximum Gasteiger partial charge on any atom is 0.254 e. The van der Waals surface area contributed by atoms with Crippen molar-refractivity contribution in [3.05, 3.63) is 21.9 Å². The molecule has 1 aromatic heterocycles. The largest absolute Gasteiger partial charge is 0.384 e. The number of piperidine rings is 1. The molecule has 2 heterocycles. The van der Waals surface area contributed by atoms with Crippen LogP contribution in [0.15, 0.2) is 11.4 Å². The van der Waals surface area contributed by atoms with Gasteiger partial charge in [-0.05, 0) is 33.0 Å². The first-order chi connectivity index (χ1) is 9.61. The number of amides is 1. The quantitative estimate of drug-likeness (QED) is 0.835. The first kappa shape index (κ1) is 15.0. The zero-order valence-corrected chi connectivity index (χ0v) is 12.7. The molecule has 0 radical (unpaired) electrons. The van der Waals surface area contributed by atoms with Crippen molar-refractivity contribution in [2.45, 2.75) is 18.9 Å². The highest BCUT2D eigenvalue weighted by Gasteiger charge is 2.24. The number of hydrogen-bond donors (Lipinski definition) is 1. The molecule has 1 saturated heterocycles. The topological polar surface area (TPSA) is 43.8 Å². The molecule has 1 aliphatic heterocycles. The Hall–Kier alpha value is -1.35. The smallest absolute Gasteiger partial charge is 0.254 e. The number of aliphatic hydroxyl groups is 1. The van der Waals surface area contributed by atoms with Gasteiger partial charge in [-0.15, -0.1) is 11.3 Å². The van der Waals surface area contributed by atoms with Crippen molar-refractivity contribution >= 4 is 17.2 Å². The summed E-state index contributed by atoms with van der Waals surface area (Å²) in [6, 6.07) is 2.39. The van der Waals surface area contributed by atoms with Gasteiger partial charge < -0.3 is 14.9 Å². The molecule has 0 aliphatic carbocycles. The van der Waals surface area contributed by atoms with Gasteiger partial charge in [-0.2, -0.15) is 0 Å². The normalized spacial score (nSPS) is 16.1. The minimum absolute atomic E-state index is 0.0931. The van der Waals surface area contributed by atoms with Gasteiger partial charge in [0.05, 0.1) is 10.4 Å². The van der Waals surface area contributed by atoms with E-state index in [4.69, 9.17) is 5.11 Å². The van der Waals surface area contributed by atoms with Crippen molar-refractivity contribution in [2.24, 2.45) is 0 Å². The zero-order valence-electron chi connectivity index (χ0n) is 11.9. The number of likely N-dealkylation sites (tertiary alicyclic amines) is 1. The summed E-state index contributed by atoms with van der Waals surface area (Å²) in [6.07, 6.45) is 2.06. The highest BCUT2D eigenvalue weighted by atomic mass is 32.1. The van der Waals surface area contributed by atoms with Gasteiger partial charge in [0.2, 0.25) is 0 Å². The van der Waals surface area contributed by atoms with Gasteiger partial charge in [-0.25, -0.2) is 0 Å². The lowest BCUT2D eigenvalue weighted by Crippen LogP contribution is -2.44. The van der Waals surface area contributed by atoms with Crippen LogP contribution in [0.4, 0.5) is 0 Å². The van der Waals surface area contributed by atoms with Crippen molar-refractivity contribution in [2.75, 3.05) is 33.8 Å². The van der Waals surface area contributed by atoms with E-state index in [1.54, 1.807) is 0 Å². The molecule has 0 spiro atoms. The Morgan fingerprint density at radius 1 is 1.50 bits per heavy atom. The first-order valence-corrected chi connectivity index (χ1v) is 7.63. The molecular weight excluding hydrogens is 272 g/mol. The monoisotopic (exact) mass is 292 g/mol. The Morgan fingerprint density at radius 3 is 2.80 bits per heavy atom. The van der Waals surface area contributed by atoms with Gasteiger partial charge in [0.15, 0.2) is 0 Å². The average Bonchev–Trinajstić information content (AvgIpc) is 2.93. The van der Waals surface area contributed by atoms with E-state index in [-0.39, 0.29) is 12.5 Å². The van der Waals surface area contributed by atoms with Crippen LogP contribution in [0.1, 0.15) is 28.1 Å². The number of carbonyl (C=O) groups excluding carboxylic acids is 1. The summed E-state index contributed by atoms with van der Waals surface area (Å²) in [5.41, 5.74) is 0.709. The average molecular weight is 292 g/mol. The zero-order chi connectivity index (χ0) is 14.5. The molecule has 2 rings (SSSR count). The van der Waals surface area contributed by atoms with Crippen molar-refractivity contribution in [1.29, 1.82) is 0 Å². The molecule has 1 N–H and O–H groups in total. The van der Waals surface area contributed by atoms with Crippen LogP contribution >= 0.6 is 11.3 Å². The number of carbonyl (C=O) groups is 1. The Balaban J connectivity index is 1.97. The van der Waals surface area contributed by atoms with Crippen LogP contribution in [0.3, 0.4) is 0 Å². The van der Waals surface area contributed by atoms with Gasteiger partial charge in [0.1, 0.15) is 6.61 Å². The first-order valence-electron chi connectivity index (χ1n) is 6.75. The van der Waals surface area contributed by atoms with E-state index < -0.39 is 0 Å². The number of rotatable bonds is 2. The summed E-state index contributed by atoms with van der Waals surface area (Å²) in [7, 11) is 4.18. The Morgan fingerprint density at radius 2 is 2.20 bits per heavy atom. The van der Waals surface area contributed by atoms with E-state index in [0.29, 0.717) is 11.6 Å². The van der Waals surface area contributed by atoms with Gasteiger partial charge in [0, 0.05) is 24.5 Å². The van der Waals surface area contributed by atoms with Crippen LogP contribution in [-0.2, 0) is 0 Å². The summed E-state index contributed by atoms with van der Waals surface area (Å²) in [6.45, 7) is 1.48. The fourth-order valence-electron chi connectivity index (χ4n) is 2.41. The van der Waals surface area contributed by atoms with E-state index in [1.165, 1.54) is 11.3 Å². The molecule has 1 aliphatic rings. The number of thiophene rings is 1. The maximum absolute atomic E-state index is 12.4. The molecular formula is C15H20N2O2S. The second-order valence-corrected chi connectivity index (χ2v) is 6.06. The number of nitrogens with zero attached hydrogens (tertiary/aromatic N) is 2. The summed E-state index contributed by atoms with van der Waals surface area (Å²) >= 11 is 1.45. The molecule has 108 valence electrons. The fraction of sp³-hybridized carbons (Fsp3) is 0.533. The predicted octanol–water partition coefficient (Wildman–Crippen LogP) is 1.26. The third-order valence-electron chi connectivity index (χ3n) is 3.62. The highest BCUT2D eigenvalue weighted by molar-refractivity contribution is 7.10. The number of aliphatic hydroxyl groups excluding tert-OH is 1. The molecule has 4 nitrogen and oxygen atoms in total. The lowest BCUT2D eigenvalue weighted by molar-refractivity contribution is 0.0664. The lowest BCUT2D eigenvalue weighted by atomic mass is 10.0. The molecule has 1 amide bonds. The van der Waals surface area contributed by atoms with Crippen LogP contribution in [-0.4, -0.2) is 60.6 Å². The van der Waals surface area contributed by atoms with Gasteiger partial charge in [-0.1, -0.05) is 11.8 Å². The lowest BCUT2D eigenvalue weighted by Gasteiger charge is -2.35. The molecule has 20 heavy (non-hydrogen) atoms. The third kappa shape index (κ3) is 3.60. The highest BCUT2D eigenvalue weighted by Crippen LogP contribution is 2.19. The van der Waals surface area contributed by atoms with E-state index in [0.717, 1.165) is 30.8 Å². The standard InChI is InChI=1S/C15H20N2O2S/c1-16(2)13-5-7-17(8-6-13)15(19)12-10-14(20-11-12)4-3-9-18/h10-11,13,18H,5-9H2,1-2H3. The molecule has 0 saturated carbocycles. The van der Waals surface area contributed by atoms with Crippen molar-refractivity contribution in [1.82, 2.24) is 9.80 Å². The second kappa shape index (κ2) is 6.89. The van der Waals surface area contributed by atoms with Crippen LogP contribution in [0.2, 0.25) is 0 Å². The molecule has 1 aromatic rings. The Kier molecular flexibility index (Phi) is 5.18. The molecule has 0 unspecified atom stereocenters. The van der Waals surface area contributed by atoms with E-state index in [2.05, 4.69) is 30.8 Å². The molecule has 0 bridgehead atoms. The minimum Gasteiger partial charge on any atom is -0.384 e. The van der Waals surface area contributed by atoms with Crippen LogP contribution in [0.25, 0.3) is 0 Å². The van der Waals surface area contributed by atoms with Gasteiger partial charge in [0.25, 0.3) is 5.91 Å². The second-order valence-electron chi connectivity index (χ2n) is 5.15. The minimum atomic E-state index is -0.154. The van der Waals surface area contributed by atoms with E-state index in [1.807, 2.05) is 16.3 Å². The number of hydrogen-bond acceptors (Lipinski definition) is 4. The van der Waals surface area contributed by atoms with Crippen LogP contribution < -0.4 is 0 Å². The Labute approximate surface area is 124 Å². The summed E-state index contributed by atoms with van der Waals surface area (Å²) < 4.78 is 0. The molecule has 1 fully saturated rings.